The highest BCUT2D eigenvalue weighted by atomic mass is 32.2. The predicted molar refractivity (Wildman–Crippen MR) is 111 cm³/mol. The van der Waals surface area contributed by atoms with E-state index in [2.05, 4.69) is 6.92 Å². The SMILES string of the molecule is CCCCCCCCCCc1cc(O)c(Oc2ccccc2)c(S(=O)(=O)O)c1. The molecule has 0 unspecified atom stereocenters. The zero-order chi connectivity index (χ0) is 20.4. The number of ether oxygens (including phenoxy) is 1. The van der Waals surface area contributed by atoms with E-state index in [9.17, 15) is 18.1 Å². The van der Waals surface area contributed by atoms with E-state index in [1.54, 1.807) is 30.3 Å². The maximum atomic E-state index is 11.8. The minimum Gasteiger partial charge on any atom is -0.504 e. The maximum absolute atomic E-state index is 11.8. The van der Waals surface area contributed by atoms with Gasteiger partial charge in [0.25, 0.3) is 10.1 Å². The van der Waals surface area contributed by atoms with Crippen LogP contribution >= 0.6 is 0 Å². The van der Waals surface area contributed by atoms with Crippen molar-refractivity contribution in [3.05, 3.63) is 48.0 Å². The number of phenols is 1. The third-order valence-electron chi connectivity index (χ3n) is 4.66. The first kappa shape index (κ1) is 22.2. The molecule has 2 aromatic carbocycles. The molecule has 28 heavy (non-hydrogen) atoms. The van der Waals surface area contributed by atoms with Gasteiger partial charge in [-0.15, -0.1) is 0 Å². The Hall–Kier alpha value is -2.05. The van der Waals surface area contributed by atoms with Crippen molar-refractivity contribution < 1.29 is 22.8 Å². The van der Waals surface area contributed by atoms with Crippen LogP contribution in [-0.2, 0) is 16.5 Å². The minimum absolute atomic E-state index is 0.256. The monoisotopic (exact) mass is 406 g/mol. The van der Waals surface area contributed by atoms with Gasteiger partial charge in [0.2, 0.25) is 0 Å². The van der Waals surface area contributed by atoms with Gasteiger partial charge in [-0.1, -0.05) is 70.1 Å². The number of hydrogen-bond acceptors (Lipinski definition) is 4. The summed E-state index contributed by atoms with van der Waals surface area (Å²) in [4.78, 5) is -0.411. The average molecular weight is 407 g/mol. The lowest BCUT2D eigenvalue weighted by molar-refractivity contribution is 0.396. The van der Waals surface area contributed by atoms with Crippen molar-refractivity contribution in [1.29, 1.82) is 0 Å². The van der Waals surface area contributed by atoms with Crippen molar-refractivity contribution in [3.63, 3.8) is 0 Å². The van der Waals surface area contributed by atoms with E-state index in [0.717, 1.165) is 19.3 Å². The fraction of sp³-hybridized carbons (Fsp3) is 0.455. The minimum atomic E-state index is -4.53. The van der Waals surface area contributed by atoms with Gasteiger partial charge in [-0.25, -0.2) is 0 Å². The molecule has 6 heteroatoms. The molecule has 0 aliphatic rings. The fourth-order valence-electron chi connectivity index (χ4n) is 3.15. The molecule has 5 nitrogen and oxygen atoms in total. The molecule has 2 aromatic rings. The first-order valence-corrected chi connectivity index (χ1v) is 11.4. The molecule has 0 amide bonds. The number of para-hydroxylation sites is 1. The topological polar surface area (TPSA) is 83.8 Å². The average Bonchev–Trinajstić information content (AvgIpc) is 2.65. The first-order chi connectivity index (χ1) is 13.4. The normalized spacial score (nSPS) is 11.5. The van der Waals surface area contributed by atoms with Crippen molar-refractivity contribution in [2.45, 2.75) is 69.6 Å². The van der Waals surface area contributed by atoms with Gasteiger partial charge < -0.3 is 9.84 Å². The molecular formula is C22H30O5S. The molecule has 0 aliphatic carbocycles. The van der Waals surface area contributed by atoms with E-state index in [1.165, 1.54) is 44.2 Å². The number of phenolic OH excluding ortho intramolecular Hbond substituents is 1. The van der Waals surface area contributed by atoms with Gasteiger partial charge in [-0.3, -0.25) is 4.55 Å². The molecule has 0 fully saturated rings. The Morgan fingerprint density at radius 3 is 2.11 bits per heavy atom. The fourth-order valence-corrected chi connectivity index (χ4v) is 3.83. The van der Waals surface area contributed by atoms with Crippen LogP contribution in [0.15, 0.2) is 47.4 Å². The molecule has 0 bridgehead atoms. The molecule has 0 aliphatic heterocycles. The first-order valence-electron chi connectivity index (χ1n) is 9.98. The van der Waals surface area contributed by atoms with Gasteiger partial charge in [0.15, 0.2) is 11.5 Å². The molecule has 0 aromatic heterocycles. The van der Waals surface area contributed by atoms with E-state index in [1.807, 2.05) is 0 Å². The number of aryl methyl sites for hydroxylation is 1. The Bertz CT molecular complexity index is 832. The highest BCUT2D eigenvalue weighted by Gasteiger charge is 2.22. The zero-order valence-corrected chi connectivity index (χ0v) is 17.2. The third kappa shape index (κ3) is 7.17. The largest absolute Gasteiger partial charge is 0.504 e. The van der Waals surface area contributed by atoms with Crippen LogP contribution < -0.4 is 4.74 Å². The number of benzene rings is 2. The summed E-state index contributed by atoms with van der Waals surface area (Å²) in [5.74, 6) is -0.180. The predicted octanol–water partition coefficient (Wildman–Crippen LogP) is 6.11. The molecular weight excluding hydrogens is 376 g/mol. The van der Waals surface area contributed by atoms with Crippen LogP contribution in [-0.4, -0.2) is 18.1 Å². The van der Waals surface area contributed by atoms with E-state index >= 15 is 0 Å². The molecule has 2 N–H and O–H groups in total. The van der Waals surface area contributed by atoms with Crippen molar-refractivity contribution in [2.75, 3.05) is 0 Å². The second kappa shape index (κ2) is 11.1. The van der Waals surface area contributed by atoms with Crippen LogP contribution in [0.5, 0.6) is 17.2 Å². The van der Waals surface area contributed by atoms with Gasteiger partial charge >= 0.3 is 0 Å². The number of hydrogen-bond donors (Lipinski definition) is 2. The van der Waals surface area contributed by atoms with Gasteiger partial charge in [-0.05, 0) is 42.7 Å². The second-order valence-corrected chi connectivity index (χ2v) is 8.45. The van der Waals surface area contributed by atoms with E-state index < -0.39 is 15.0 Å². The molecule has 0 radical (unpaired) electrons. The standard InChI is InChI=1S/C22H30O5S/c1-2-3-4-5-6-7-8-10-13-18-16-20(23)22(21(17-18)28(24,25)26)27-19-14-11-9-12-15-19/h9,11-12,14-17,23H,2-8,10,13H2,1H3,(H,24,25,26). The third-order valence-corrected chi connectivity index (χ3v) is 5.51. The second-order valence-electron chi connectivity index (χ2n) is 7.06. The lowest BCUT2D eigenvalue weighted by Gasteiger charge is -2.13. The summed E-state index contributed by atoms with van der Waals surface area (Å²) >= 11 is 0. The van der Waals surface area contributed by atoms with Gasteiger partial charge in [0.05, 0.1) is 0 Å². The lowest BCUT2D eigenvalue weighted by atomic mass is 10.0. The summed E-state index contributed by atoms with van der Waals surface area (Å²) in [5.41, 5.74) is 0.663. The molecule has 0 heterocycles. The van der Waals surface area contributed by atoms with Gasteiger partial charge in [-0.2, -0.15) is 8.42 Å². The summed E-state index contributed by atoms with van der Waals surface area (Å²) in [6.45, 7) is 2.20. The summed E-state index contributed by atoms with van der Waals surface area (Å²) in [5, 5.41) is 10.3. The van der Waals surface area contributed by atoms with Crippen molar-refractivity contribution in [1.82, 2.24) is 0 Å². The number of rotatable bonds is 12. The number of aromatic hydroxyl groups is 1. The number of unbranched alkanes of at least 4 members (excludes halogenated alkanes) is 7. The summed E-state index contributed by atoms with van der Waals surface area (Å²) < 4.78 is 38.7. The summed E-state index contributed by atoms with van der Waals surface area (Å²) in [7, 11) is -4.53. The molecule has 0 saturated heterocycles. The zero-order valence-electron chi connectivity index (χ0n) is 16.4. The maximum Gasteiger partial charge on any atom is 0.298 e. The molecule has 0 saturated carbocycles. The van der Waals surface area contributed by atoms with E-state index in [0.29, 0.717) is 17.7 Å². The van der Waals surface area contributed by atoms with E-state index in [4.69, 9.17) is 4.74 Å². The Morgan fingerprint density at radius 2 is 1.50 bits per heavy atom. The van der Waals surface area contributed by atoms with Crippen LogP contribution in [0.4, 0.5) is 0 Å². The Morgan fingerprint density at radius 1 is 0.893 bits per heavy atom. The van der Waals surface area contributed by atoms with Crippen LogP contribution in [0.1, 0.15) is 63.9 Å². The van der Waals surface area contributed by atoms with Crippen molar-refractivity contribution in [2.24, 2.45) is 0 Å². The summed E-state index contributed by atoms with van der Waals surface area (Å²) in [6.07, 6.45) is 10.0. The summed E-state index contributed by atoms with van der Waals surface area (Å²) in [6, 6.07) is 11.4. The Balaban J connectivity index is 2.02. The highest BCUT2D eigenvalue weighted by molar-refractivity contribution is 7.86. The molecule has 2 rings (SSSR count). The molecule has 154 valence electrons. The van der Waals surface area contributed by atoms with Crippen LogP contribution in [0.2, 0.25) is 0 Å². The molecule has 0 spiro atoms. The van der Waals surface area contributed by atoms with Crippen LogP contribution in [0.3, 0.4) is 0 Å². The van der Waals surface area contributed by atoms with Gasteiger partial charge in [0.1, 0.15) is 10.6 Å². The Labute approximate surface area is 168 Å². The van der Waals surface area contributed by atoms with Crippen molar-refractivity contribution in [3.8, 4) is 17.2 Å². The van der Waals surface area contributed by atoms with Crippen LogP contribution in [0, 0.1) is 0 Å². The van der Waals surface area contributed by atoms with E-state index in [-0.39, 0.29) is 11.5 Å². The highest BCUT2D eigenvalue weighted by Crippen LogP contribution is 2.38. The van der Waals surface area contributed by atoms with Crippen molar-refractivity contribution >= 4 is 10.1 Å². The van der Waals surface area contributed by atoms with Gasteiger partial charge in [0, 0.05) is 0 Å². The lowest BCUT2D eigenvalue weighted by Crippen LogP contribution is -2.03. The molecule has 0 atom stereocenters. The smallest absolute Gasteiger partial charge is 0.298 e. The van der Waals surface area contributed by atoms with Crippen LogP contribution in [0.25, 0.3) is 0 Å². The Kier molecular flexibility index (Phi) is 8.80. The quantitative estimate of drug-likeness (QED) is 0.328.